The molecule has 0 heterocycles. The number of nitrogens with one attached hydrogen (secondary N) is 1. The Morgan fingerprint density at radius 3 is 1.74 bits per heavy atom. The van der Waals surface area contributed by atoms with Gasteiger partial charge in [0.25, 0.3) is 0 Å². The van der Waals surface area contributed by atoms with Crippen molar-refractivity contribution in [3.63, 3.8) is 0 Å². The van der Waals surface area contributed by atoms with Crippen molar-refractivity contribution in [2.45, 2.75) is 20.2 Å². The van der Waals surface area contributed by atoms with Crippen LogP contribution in [0.15, 0.2) is 72.0 Å². The highest BCUT2D eigenvalue weighted by Crippen LogP contribution is 2.12. The molecule has 0 bridgehead atoms. The predicted molar refractivity (Wildman–Crippen MR) is 96.4 cm³/mol. The molecule has 0 aromatic heterocycles. The van der Waals surface area contributed by atoms with Crippen LogP contribution in [0.25, 0.3) is 0 Å². The second-order valence-corrected chi connectivity index (χ2v) is 5.58. The zero-order valence-corrected chi connectivity index (χ0v) is 13.4. The summed E-state index contributed by atoms with van der Waals surface area (Å²) < 4.78 is 0. The second kappa shape index (κ2) is 7.59. The van der Waals surface area contributed by atoms with Crippen LogP contribution < -0.4 is 10.9 Å². The Bertz CT molecular complexity index is 668. The summed E-state index contributed by atoms with van der Waals surface area (Å²) in [6.07, 6.45) is 0.291. The van der Waals surface area contributed by atoms with Gasteiger partial charge in [0.05, 0.1) is 11.3 Å². The van der Waals surface area contributed by atoms with Crippen LogP contribution in [-0.2, 0) is 4.79 Å². The van der Waals surface area contributed by atoms with Gasteiger partial charge in [0.15, 0.2) is 5.78 Å². The second-order valence-electron chi connectivity index (χ2n) is 5.58. The summed E-state index contributed by atoms with van der Waals surface area (Å²) in [5.74, 6) is -0.308. The maximum Gasteiger partial charge on any atom is 0.216 e. The van der Waals surface area contributed by atoms with Crippen molar-refractivity contribution in [3.05, 3.63) is 72.0 Å². The van der Waals surface area contributed by atoms with Gasteiger partial charge >= 0.3 is 0 Å². The lowest BCUT2D eigenvalue weighted by Gasteiger charge is -2.16. The number of hydrogen-bond acceptors (Lipinski definition) is 3. The molecule has 0 atom stereocenters. The number of carbonyl (C=O) groups excluding carboxylic acids is 1. The van der Waals surface area contributed by atoms with Gasteiger partial charge in [-0.1, -0.05) is 71.6 Å². The molecule has 0 saturated carbocycles. The van der Waals surface area contributed by atoms with E-state index in [9.17, 15) is 9.90 Å². The SMILES string of the molecule is CC(=N)C(C(C)=O)=C(O)CB(c1ccccc1)c1ccccc1. The van der Waals surface area contributed by atoms with Gasteiger partial charge in [-0.3, -0.25) is 4.79 Å². The van der Waals surface area contributed by atoms with Gasteiger partial charge in [-0.25, -0.2) is 0 Å². The van der Waals surface area contributed by atoms with Crippen molar-refractivity contribution in [3.8, 4) is 0 Å². The van der Waals surface area contributed by atoms with Crippen LogP contribution in [-0.4, -0.2) is 23.3 Å². The molecule has 2 aromatic rings. The molecule has 0 unspecified atom stereocenters. The van der Waals surface area contributed by atoms with E-state index in [0.29, 0.717) is 6.32 Å². The quantitative estimate of drug-likeness (QED) is 0.373. The lowest BCUT2D eigenvalue weighted by Crippen LogP contribution is -2.42. The Kier molecular flexibility index (Phi) is 5.53. The number of Topliss-reactive ketones (excluding diaryl/α,β-unsaturated/α-hetero) is 1. The van der Waals surface area contributed by atoms with Crippen LogP contribution in [0, 0.1) is 5.41 Å². The maximum atomic E-state index is 11.7. The molecule has 116 valence electrons. The molecule has 0 radical (unpaired) electrons. The largest absolute Gasteiger partial charge is 0.512 e. The molecule has 0 amide bonds. The van der Waals surface area contributed by atoms with E-state index in [1.54, 1.807) is 0 Å². The Hall–Kier alpha value is -2.62. The van der Waals surface area contributed by atoms with E-state index in [1.807, 2.05) is 60.7 Å². The lowest BCUT2D eigenvalue weighted by molar-refractivity contribution is -0.113. The molecule has 0 aliphatic rings. The van der Waals surface area contributed by atoms with Gasteiger partial charge in [-0.15, -0.1) is 0 Å². The maximum absolute atomic E-state index is 11.7. The topological polar surface area (TPSA) is 61.2 Å². The molecule has 3 nitrogen and oxygen atoms in total. The first-order chi connectivity index (χ1) is 11.0. The fourth-order valence-corrected chi connectivity index (χ4v) is 2.78. The van der Waals surface area contributed by atoms with E-state index in [0.717, 1.165) is 10.9 Å². The third kappa shape index (κ3) is 4.19. The molecular formula is C19H20BNO2. The number of rotatable bonds is 6. The zero-order chi connectivity index (χ0) is 16.8. The van der Waals surface area contributed by atoms with E-state index in [1.165, 1.54) is 13.8 Å². The summed E-state index contributed by atoms with van der Waals surface area (Å²) in [7, 11) is 0. The van der Waals surface area contributed by atoms with Crippen molar-refractivity contribution in [1.29, 1.82) is 5.41 Å². The molecular weight excluding hydrogens is 285 g/mol. The Morgan fingerprint density at radius 1 is 0.957 bits per heavy atom. The molecule has 2 N–H and O–H groups in total. The van der Waals surface area contributed by atoms with Crippen molar-refractivity contribution in [2.24, 2.45) is 0 Å². The monoisotopic (exact) mass is 305 g/mol. The number of benzene rings is 2. The van der Waals surface area contributed by atoms with E-state index < -0.39 is 0 Å². The van der Waals surface area contributed by atoms with E-state index in [-0.39, 0.29) is 29.5 Å². The summed E-state index contributed by atoms with van der Waals surface area (Å²) in [6, 6.07) is 19.8. The fraction of sp³-hybridized carbons (Fsp3) is 0.158. The van der Waals surface area contributed by atoms with Crippen LogP contribution >= 0.6 is 0 Å². The molecule has 0 fully saturated rings. The first-order valence-electron chi connectivity index (χ1n) is 7.59. The molecule has 2 rings (SSSR count). The summed E-state index contributed by atoms with van der Waals surface area (Å²) in [6.45, 7) is 2.84. The summed E-state index contributed by atoms with van der Waals surface area (Å²) in [5, 5.41) is 18.2. The van der Waals surface area contributed by atoms with Gasteiger partial charge in [-0.2, -0.15) is 0 Å². The smallest absolute Gasteiger partial charge is 0.216 e. The van der Waals surface area contributed by atoms with Crippen LogP contribution in [0.2, 0.25) is 6.32 Å². The molecule has 4 heteroatoms. The van der Waals surface area contributed by atoms with Crippen molar-refractivity contribution in [2.75, 3.05) is 0 Å². The third-order valence-corrected chi connectivity index (χ3v) is 3.82. The molecule has 0 spiro atoms. The van der Waals surface area contributed by atoms with E-state index >= 15 is 0 Å². The average molecular weight is 305 g/mol. The highest BCUT2D eigenvalue weighted by Gasteiger charge is 2.23. The minimum Gasteiger partial charge on any atom is -0.512 e. The van der Waals surface area contributed by atoms with Gasteiger partial charge in [-0.05, 0) is 20.2 Å². The van der Waals surface area contributed by atoms with Crippen molar-refractivity contribution < 1.29 is 9.90 Å². The lowest BCUT2D eigenvalue weighted by atomic mass is 9.38. The van der Waals surface area contributed by atoms with Crippen LogP contribution in [0.4, 0.5) is 0 Å². The van der Waals surface area contributed by atoms with Crippen LogP contribution in [0.3, 0.4) is 0 Å². The Morgan fingerprint density at radius 2 is 1.39 bits per heavy atom. The molecule has 0 aliphatic carbocycles. The fourth-order valence-electron chi connectivity index (χ4n) is 2.78. The number of ketones is 1. The number of aliphatic hydroxyl groups excluding tert-OH is 1. The van der Waals surface area contributed by atoms with Crippen molar-refractivity contribution >= 4 is 29.1 Å². The van der Waals surface area contributed by atoms with Gasteiger partial charge < -0.3 is 10.5 Å². The van der Waals surface area contributed by atoms with Gasteiger partial charge in [0, 0.05) is 5.71 Å². The highest BCUT2D eigenvalue weighted by atomic mass is 16.3. The Balaban J connectivity index is 2.46. The molecule has 23 heavy (non-hydrogen) atoms. The van der Waals surface area contributed by atoms with Crippen molar-refractivity contribution in [1.82, 2.24) is 0 Å². The number of allylic oxidation sites excluding steroid dienone is 2. The zero-order valence-electron chi connectivity index (χ0n) is 13.4. The normalized spacial score (nSPS) is 11.6. The Labute approximate surface area is 137 Å². The summed E-state index contributed by atoms with van der Waals surface area (Å²) in [4.78, 5) is 11.7. The number of aliphatic hydroxyl groups is 1. The number of carbonyl (C=O) groups is 1. The molecule has 0 aliphatic heterocycles. The first kappa shape index (κ1) is 16.8. The summed E-state index contributed by atoms with van der Waals surface area (Å²) >= 11 is 0. The predicted octanol–water partition coefficient (Wildman–Crippen LogP) is 2.74. The van der Waals surface area contributed by atoms with E-state index in [2.05, 4.69) is 0 Å². The minimum atomic E-state index is -0.283. The minimum absolute atomic E-state index is 0.0253. The molecule has 2 aromatic carbocycles. The standard InChI is InChI=1S/C19H20BNO2/c1-14(21)19(15(2)22)18(23)13-20(16-9-5-3-6-10-16)17-11-7-4-8-12-17/h3-12,21,23H,13H2,1-2H3. The summed E-state index contributed by atoms with van der Waals surface area (Å²) in [5.41, 5.74) is 2.34. The van der Waals surface area contributed by atoms with E-state index in [4.69, 9.17) is 5.41 Å². The van der Waals surface area contributed by atoms with Crippen LogP contribution in [0.5, 0.6) is 0 Å². The van der Waals surface area contributed by atoms with Crippen LogP contribution in [0.1, 0.15) is 13.8 Å². The third-order valence-electron chi connectivity index (χ3n) is 3.82. The first-order valence-corrected chi connectivity index (χ1v) is 7.59. The molecule has 0 saturated heterocycles. The van der Waals surface area contributed by atoms with Gasteiger partial charge in [0.2, 0.25) is 6.71 Å². The average Bonchev–Trinajstić information content (AvgIpc) is 2.53. The highest BCUT2D eigenvalue weighted by molar-refractivity contribution is 6.85. The van der Waals surface area contributed by atoms with Gasteiger partial charge in [0.1, 0.15) is 0 Å². The number of hydrogen-bond donors (Lipinski definition) is 2.